The molecule has 0 unspecified atom stereocenters. The second-order valence-electron chi connectivity index (χ2n) is 7.61. The maximum atomic E-state index is 2.50. The maximum Gasteiger partial charge on any atom is -0.0534 e. The van der Waals surface area contributed by atoms with E-state index in [2.05, 4.69) is 88.4 Å². The van der Waals surface area contributed by atoms with E-state index < -0.39 is 15.2 Å². The Labute approximate surface area is 159 Å². The lowest BCUT2D eigenvalue weighted by Crippen LogP contribution is -2.59. The Kier molecular flexibility index (Phi) is 7.91. The fourth-order valence-electron chi connectivity index (χ4n) is 4.16. The van der Waals surface area contributed by atoms with Gasteiger partial charge in [0.05, 0.1) is 0 Å². The molecular weight excluding hydrogens is 349 g/mol. The number of benzene rings is 2. The van der Waals surface area contributed by atoms with Crippen LogP contribution in [0.3, 0.4) is 0 Å². The van der Waals surface area contributed by atoms with Crippen molar-refractivity contribution in [3.8, 4) is 0 Å². The minimum Gasteiger partial charge on any atom is -0.270 e. The molecule has 0 aliphatic rings. The highest BCUT2D eigenvalue weighted by molar-refractivity contribution is 7.53. The van der Waals surface area contributed by atoms with Crippen LogP contribution in [0, 0.1) is 0 Å². The van der Waals surface area contributed by atoms with Gasteiger partial charge in [0.15, 0.2) is 0 Å². The molecule has 0 fully saturated rings. The molecular formula is C22H35Si3-. The van der Waals surface area contributed by atoms with Crippen LogP contribution in [0.2, 0.25) is 24.2 Å². The second-order valence-corrected chi connectivity index (χ2v) is 27.7. The summed E-state index contributed by atoms with van der Waals surface area (Å²) in [5.74, 6) is 0. The third kappa shape index (κ3) is 5.53. The summed E-state index contributed by atoms with van der Waals surface area (Å²) in [5, 5.41) is 0. The Balaban J connectivity index is 2.26. The standard InChI is InChI=1S/C22H35Si3/c1-5-24(6-2,19-21-15-11-9-12-16-21)23-25(7-3,8-4)20-22-17-13-10-14-18-22/h9-18,23H,5-8,19-20H2,1-4H3/q-1. The highest BCUT2D eigenvalue weighted by Gasteiger charge is 2.30. The molecule has 0 saturated heterocycles. The molecule has 0 saturated carbocycles. The summed E-state index contributed by atoms with van der Waals surface area (Å²) in [7, 11) is -1.69. The van der Waals surface area contributed by atoms with Crippen LogP contribution in [0.15, 0.2) is 60.7 Å². The van der Waals surface area contributed by atoms with Crippen LogP contribution < -0.4 is 0 Å². The van der Waals surface area contributed by atoms with Crippen LogP contribution in [0.4, 0.5) is 0 Å². The Morgan fingerprint density at radius 2 is 0.880 bits per heavy atom. The predicted molar refractivity (Wildman–Crippen MR) is 121 cm³/mol. The lowest BCUT2D eigenvalue weighted by molar-refractivity contribution is 1.18. The lowest BCUT2D eigenvalue weighted by Gasteiger charge is -2.51. The molecule has 2 aromatic carbocycles. The zero-order chi connectivity index (χ0) is 18.2. The van der Waals surface area contributed by atoms with Gasteiger partial charge in [-0.1, -0.05) is 151 Å². The first-order chi connectivity index (χ1) is 12.1. The minimum atomic E-state index is -1.17. The van der Waals surface area contributed by atoms with E-state index in [1.807, 2.05) is 0 Å². The minimum absolute atomic E-state index is 0.650. The molecule has 0 bridgehead atoms. The normalized spacial score (nSPS) is 12.3. The molecule has 0 heterocycles. The first-order valence-electron chi connectivity index (χ1n) is 10.1. The Bertz CT molecular complexity index is 546. The van der Waals surface area contributed by atoms with Crippen molar-refractivity contribution in [2.75, 3.05) is 0 Å². The molecule has 0 nitrogen and oxygen atoms in total. The number of rotatable bonds is 10. The monoisotopic (exact) mass is 383 g/mol. The van der Waals surface area contributed by atoms with E-state index in [1.165, 1.54) is 36.3 Å². The molecule has 0 radical (unpaired) electrons. The van der Waals surface area contributed by atoms with Gasteiger partial charge in [-0.05, 0) is 0 Å². The highest BCUT2D eigenvalue weighted by atomic mass is 29.6. The van der Waals surface area contributed by atoms with Crippen molar-refractivity contribution >= 4 is 23.7 Å². The van der Waals surface area contributed by atoms with Gasteiger partial charge in [0.25, 0.3) is 0 Å². The summed E-state index contributed by atoms with van der Waals surface area (Å²) in [5.41, 5.74) is 3.19. The third-order valence-electron chi connectivity index (χ3n) is 6.23. The molecule has 0 amide bonds. The van der Waals surface area contributed by atoms with E-state index in [9.17, 15) is 0 Å². The first kappa shape index (κ1) is 20.4. The number of hydrogen-bond acceptors (Lipinski definition) is 0. The van der Waals surface area contributed by atoms with Crippen LogP contribution in [-0.2, 0) is 12.1 Å². The Morgan fingerprint density at radius 3 is 1.16 bits per heavy atom. The van der Waals surface area contributed by atoms with Gasteiger partial charge in [-0.15, -0.1) is 0 Å². The van der Waals surface area contributed by atoms with Crippen LogP contribution in [0.25, 0.3) is 0 Å². The van der Waals surface area contributed by atoms with Crippen molar-refractivity contribution in [3.05, 3.63) is 71.8 Å². The van der Waals surface area contributed by atoms with E-state index in [0.29, 0.717) is 8.55 Å². The van der Waals surface area contributed by atoms with Gasteiger partial charge in [0, 0.05) is 0 Å². The third-order valence-corrected chi connectivity index (χ3v) is 36.1. The quantitative estimate of drug-likeness (QED) is 0.444. The molecule has 3 heteroatoms. The number of hydrogen-bond donors (Lipinski definition) is 0. The van der Waals surface area contributed by atoms with Crippen LogP contribution in [0.1, 0.15) is 38.8 Å². The Morgan fingerprint density at radius 1 is 0.560 bits per heavy atom. The van der Waals surface area contributed by atoms with E-state index in [-0.39, 0.29) is 0 Å². The zero-order valence-corrected chi connectivity index (χ0v) is 19.7. The van der Waals surface area contributed by atoms with E-state index in [4.69, 9.17) is 0 Å². The second kappa shape index (κ2) is 9.70. The fourth-order valence-corrected chi connectivity index (χ4v) is 39.8. The van der Waals surface area contributed by atoms with Crippen LogP contribution in [-0.4, -0.2) is 23.7 Å². The lowest BCUT2D eigenvalue weighted by atomic mass is 10.2. The van der Waals surface area contributed by atoms with Crippen LogP contribution >= 0.6 is 0 Å². The summed E-state index contributed by atoms with van der Waals surface area (Å²) in [6, 6.07) is 31.4. The fraction of sp³-hybridized carbons (Fsp3) is 0.455. The zero-order valence-electron chi connectivity index (χ0n) is 16.6. The van der Waals surface area contributed by atoms with Crippen molar-refractivity contribution in [1.82, 2.24) is 0 Å². The molecule has 136 valence electrons. The Hall–Kier alpha value is -0.909. The molecule has 0 aromatic heterocycles. The van der Waals surface area contributed by atoms with Gasteiger partial charge in [-0.2, -0.15) is 0 Å². The summed E-state index contributed by atoms with van der Waals surface area (Å²) >= 11 is 0. The molecule has 2 aromatic rings. The van der Waals surface area contributed by atoms with Gasteiger partial charge < -0.3 is 0 Å². The molecule has 25 heavy (non-hydrogen) atoms. The predicted octanol–water partition coefficient (Wildman–Crippen LogP) is 5.96. The van der Waals surface area contributed by atoms with E-state index in [1.54, 1.807) is 11.1 Å². The van der Waals surface area contributed by atoms with Gasteiger partial charge >= 0.3 is 0 Å². The van der Waals surface area contributed by atoms with Crippen molar-refractivity contribution in [3.63, 3.8) is 0 Å². The molecule has 0 atom stereocenters. The van der Waals surface area contributed by atoms with Gasteiger partial charge in [-0.3, -0.25) is 8.55 Å². The highest BCUT2D eigenvalue weighted by Crippen LogP contribution is 2.29. The van der Waals surface area contributed by atoms with Crippen molar-refractivity contribution in [1.29, 1.82) is 0 Å². The van der Waals surface area contributed by atoms with E-state index >= 15 is 0 Å². The van der Waals surface area contributed by atoms with Crippen molar-refractivity contribution in [2.24, 2.45) is 0 Å². The van der Waals surface area contributed by atoms with Gasteiger partial charge in [-0.25, -0.2) is 0 Å². The smallest absolute Gasteiger partial charge is 0.0534 e. The summed E-state index contributed by atoms with van der Waals surface area (Å²) in [4.78, 5) is 0. The van der Waals surface area contributed by atoms with Gasteiger partial charge in [0.2, 0.25) is 0 Å². The average Bonchev–Trinajstić information content (AvgIpc) is 2.68. The topological polar surface area (TPSA) is 0 Å². The maximum absolute atomic E-state index is 2.50. The van der Waals surface area contributed by atoms with E-state index in [0.717, 1.165) is 0 Å². The van der Waals surface area contributed by atoms with Crippen LogP contribution in [0.5, 0.6) is 0 Å². The summed E-state index contributed by atoms with van der Waals surface area (Å²) < 4.78 is 0. The molecule has 0 aliphatic heterocycles. The summed E-state index contributed by atoms with van der Waals surface area (Å²) in [6.07, 6.45) is 0. The first-order valence-corrected chi connectivity index (χ1v) is 18.9. The molecule has 2 rings (SSSR count). The molecule has 0 N–H and O–H groups in total. The average molecular weight is 384 g/mol. The molecule has 0 spiro atoms. The SMILES string of the molecule is CC[Si](CC)(Cc1ccccc1)[SiH-][Si](CC)(CC)Cc1ccccc1. The largest absolute Gasteiger partial charge is 0.270 e. The van der Waals surface area contributed by atoms with Crippen molar-refractivity contribution in [2.45, 2.75) is 64.0 Å². The van der Waals surface area contributed by atoms with Gasteiger partial charge in [0.1, 0.15) is 0 Å². The molecule has 0 aliphatic carbocycles. The summed E-state index contributed by atoms with van der Waals surface area (Å²) in [6.45, 7) is 9.99. The van der Waals surface area contributed by atoms with Crippen molar-refractivity contribution < 1.29 is 0 Å².